The third-order valence-corrected chi connectivity index (χ3v) is 2.87. The SMILES string of the molecule is C[C@@H](O)c1nc2ccccc2s1. The van der Waals surface area contributed by atoms with Gasteiger partial charge in [-0.15, -0.1) is 11.3 Å². The maximum Gasteiger partial charge on any atom is 0.122 e. The summed E-state index contributed by atoms with van der Waals surface area (Å²) in [6.45, 7) is 1.73. The average molecular weight is 179 g/mol. The van der Waals surface area contributed by atoms with Crippen molar-refractivity contribution in [3.8, 4) is 0 Å². The van der Waals surface area contributed by atoms with Crippen molar-refractivity contribution in [1.29, 1.82) is 0 Å². The maximum absolute atomic E-state index is 9.27. The van der Waals surface area contributed by atoms with Crippen LogP contribution in [0.1, 0.15) is 18.0 Å². The van der Waals surface area contributed by atoms with E-state index in [-0.39, 0.29) is 0 Å². The minimum absolute atomic E-state index is 0.456. The number of aliphatic hydroxyl groups excluding tert-OH is 1. The van der Waals surface area contributed by atoms with E-state index in [2.05, 4.69) is 4.98 Å². The Morgan fingerprint density at radius 1 is 1.42 bits per heavy atom. The van der Waals surface area contributed by atoms with Gasteiger partial charge in [0, 0.05) is 0 Å². The quantitative estimate of drug-likeness (QED) is 0.729. The topological polar surface area (TPSA) is 33.1 Å². The number of hydrogen-bond donors (Lipinski definition) is 1. The Balaban J connectivity index is 2.62. The van der Waals surface area contributed by atoms with Gasteiger partial charge in [-0.05, 0) is 19.1 Å². The third kappa shape index (κ3) is 1.21. The number of benzene rings is 1. The molecule has 0 unspecified atom stereocenters. The predicted molar refractivity (Wildman–Crippen MR) is 50.3 cm³/mol. The zero-order chi connectivity index (χ0) is 8.55. The van der Waals surface area contributed by atoms with E-state index >= 15 is 0 Å². The molecule has 1 aromatic carbocycles. The lowest BCUT2D eigenvalue weighted by Gasteiger charge is -1.93. The molecule has 1 atom stereocenters. The molecule has 1 aromatic heterocycles. The van der Waals surface area contributed by atoms with Crippen LogP contribution in [0.4, 0.5) is 0 Å². The molecule has 0 saturated heterocycles. The second-order valence-electron chi connectivity index (χ2n) is 2.70. The lowest BCUT2D eigenvalue weighted by Crippen LogP contribution is -1.87. The van der Waals surface area contributed by atoms with Gasteiger partial charge in [-0.25, -0.2) is 4.98 Å². The normalized spacial score (nSPS) is 13.5. The third-order valence-electron chi connectivity index (χ3n) is 1.67. The van der Waals surface area contributed by atoms with Gasteiger partial charge in [-0.2, -0.15) is 0 Å². The molecule has 3 heteroatoms. The van der Waals surface area contributed by atoms with Crippen LogP contribution in [0.25, 0.3) is 10.2 Å². The monoisotopic (exact) mass is 179 g/mol. The molecule has 0 fully saturated rings. The van der Waals surface area contributed by atoms with E-state index in [9.17, 15) is 5.11 Å². The van der Waals surface area contributed by atoms with E-state index in [0.717, 1.165) is 15.2 Å². The van der Waals surface area contributed by atoms with Crippen LogP contribution in [-0.2, 0) is 0 Å². The molecule has 0 amide bonds. The van der Waals surface area contributed by atoms with Crippen molar-refractivity contribution in [3.05, 3.63) is 29.3 Å². The summed E-state index contributed by atoms with van der Waals surface area (Å²) in [5.74, 6) is 0. The molecular formula is C9H9NOS. The van der Waals surface area contributed by atoms with Crippen LogP contribution in [-0.4, -0.2) is 10.1 Å². The van der Waals surface area contributed by atoms with Gasteiger partial charge in [-0.3, -0.25) is 0 Å². The first-order chi connectivity index (χ1) is 5.77. The Bertz CT molecular complexity index is 361. The molecule has 1 heterocycles. The summed E-state index contributed by atoms with van der Waals surface area (Å²) >= 11 is 1.54. The van der Waals surface area contributed by atoms with Gasteiger partial charge in [0.05, 0.1) is 10.2 Å². The number of aliphatic hydroxyl groups is 1. The first kappa shape index (κ1) is 7.71. The molecular weight excluding hydrogens is 170 g/mol. The Morgan fingerprint density at radius 3 is 2.83 bits per heavy atom. The van der Waals surface area contributed by atoms with E-state index in [1.165, 1.54) is 0 Å². The second kappa shape index (κ2) is 2.84. The van der Waals surface area contributed by atoms with Crippen LogP contribution < -0.4 is 0 Å². The molecule has 0 radical (unpaired) electrons. The van der Waals surface area contributed by atoms with E-state index in [1.807, 2.05) is 24.3 Å². The summed E-state index contributed by atoms with van der Waals surface area (Å²) in [6, 6.07) is 7.90. The van der Waals surface area contributed by atoms with Crippen LogP contribution >= 0.6 is 11.3 Å². The van der Waals surface area contributed by atoms with Gasteiger partial charge >= 0.3 is 0 Å². The highest BCUT2D eigenvalue weighted by Crippen LogP contribution is 2.25. The van der Waals surface area contributed by atoms with Crippen molar-refractivity contribution in [3.63, 3.8) is 0 Å². The largest absolute Gasteiger partial charge is 0.386 e. The Labute approximate surface area is 74.5 Å². The molecule has 0 saturated carbocycles. The van der Waals surface area contributed by atoms with E-state index < -0.39 is 6.10 Å². The molecule has 0 aliphatic carbocycles. The number of thiazole rings is 1. The number of fused-ring (bicyclic) bond motifs is 1. The van der Waals surface area contributed by atoms with Crippen LogP contribution in [0.3, 0.4) is 0 Å². The number of nitrogens with zero attached hydrogens (tertiary/aromatic N) is 1. The summed E-state index contributed by atoms with van der Waals surface area (Å²) in [5, 5.41) is 10.1. The van der Waals surface area contributed by atoms with Gasteiger partial charge < -0.3 is 5.11 Å². The standard InChI is InChI=1S/C9H9NOS/c1-6(11)9-10-7-4-2-3-5-8(7)12-9/h2-6,11H,1H3/t6-/m1/s1. The average Bonchev–Trinajstić information content (AvgIpc) is 2.46. The number of aromatic nitrogens is 1. The number of hydrogen-bond acceptors (Lipinski definition) is 3. The smallest absolute Gasteiger partial charge is 0.122 e. The molecule has 2 aromatic rings. The fourth-order valence-corrected chi connectivity index (χ4v) is 1.97. The fourth-order valence-electron chi connectivity index (χ4n) is 1.07. The van der Waals surface area contributed by atoms with Crippen LogP contribution in [0.5, 0.6) is 0 Å². The van der Waals surface area contributed by atoms with Crippen LogP contribution in [0.15, 0.2) is 24.3 Å². The fraction of sp³-hybridized carbons (Fsp3) is 0.222. The van der Waals surface area contributed by atoms with Crippen molar-refractivity contribution in [2.45, 2.75) is 13.0 Å². The summed E-state index contributed by atoms with van der Waals surface area (Å²) in [4.78, 5) is 4.28. The highest BCUT2D eigenvalue weighted by molar-refractivity contribution is 7.18. The zero-order valence-corrected chi connectivity index (χ0v) is 7.51. The minimum Gasteiger partial charge on any atom is -0.386 e. The van der Waals surface area contributed by atoms with Crippen LogP contribution in [0.2, 0.25) is 0 Å². The van der Waals surface area contributed by atoms with Gasteiger partial charge in [0.1, 0.15) is 11.1 Å². The molecule has 0 aliphatic rings. The highest BCUT2D eigenvalue weighted by Gasteiger charge is 2.06. The maximum atomic E-state index is 9.27. The lowest BCUT2D eigenvalue weighted by molar-refractivity contribution is 0.199. The van der Waals surface area contributed by atoms with Gasteiger partial charge in [0.25, 0.3) is 0 Å². The lowest BCUT2D eigenvalue weighted by atomic mass is 10.3. The van der Waals surface area contributed by atoms with Crippen molar-refractivity contribution in [2.75, 3.05) is 0 Å². The number of rotatable bonds is 1. The van der Waals surface area contributed by atoms with Gasteiger partial charge in [0.2, 0.25) is 0 Å². The molecule has 1 N–H and O–H groups in total. The highest BCUT2D eigenvalue weighted by atomic mass is 32.1. The Hall–Kier alpha value is -0.930. The molecule has 2 nitrogen and oxygen atoms in total. The summed E-state index contributed by atoms with van der Waals surface area (Å²) in [5.41, 5.74) is 0.971. The molecule has 2 rings (SSSR count). The Kier molecular flexibility index (Phi) is 1.83. The summed E-state index contributed by atoms with van der Waals surface area (Å²) in [7, 11) is 0. The van der Waals surface area contributed by atoms with Crippen molar-refractivity contribution < 1.29 is 5.11 Å². The Morgan fingerprint density at radius 2 is 2.17 bits per heavy atom. The van der Waals surface area contributed by atoms with E-state index in [0.29, 0.717) is 0 Å². The minimum atomic E-state index is -0.456. The van der Waals surface area contributed by atoms with E-state index in [1.54, 1.807) is 18.3 Å². The molecule has 12 heavy (non-hydrogen) atoms. The number of para-hydroxylation sites is 1. The zero-order valence-electron chi connectivity index (χ0n) is 6.69. The van der Waals surface area contributed by atoms with Crippen LogP contribution in [0, 0.1) is 0 Å². The van der Waals surface area contributed by atoms with Crippen molar-refractivity contribution in [2.24, 2.45) is 0 Å². The molecule has 0 bridgehead atoms. The molecule has 0 aliphatic heterocycles. The summed E-state index contributed by atoms with van der Waals surface area (Å²) < 4.78 is 1.13. The molecule has 62 valence electrons. The first-order valence-electron chi connectivity index (χ1n) is 3.81. The predicted octanol–water partition coefficient (Wildman–Crippen LogP) is 2.35. The van der Waals surface area contributed by atoms with Crippen molar-refractivity contribution >= 4 is 21.6 Å². The first-order valence-corrected chi connectivity index (χ1v) is 4.62. The van der Waals surface area contributed by atoms with Gasteiger partial charge in [-0.1, -0.05) is 12.1 Å². The van der Waals surface area contributed by atoms with Gasteiger partial charge in [0.15, 0.2) is 0 Å². The van der Waals surface area contributed by atoms with Crippen molar-refractivity contribution in [1.82, 2.24) is 4.98 Å². The second-order valence-corrected chi connectivity index (χ2v) is 3.76. The summed E-state index contributed by atoms with van der Waals surface area (Å²) in [6.07, 6.45) is -0.456. The van der Waals surface area contributed by atoms with E-state index in [4.69, 9.17) is 0 Å². The molecule has 0 spiro atoms.